The van der Waals surface area contributed by atoms with Crippen LogP contribution in [0.2, 0.25) is 10.0 Å². The quantitative estimate of drug-likeness (QED) is 0.693. The number of carbonyl (C=O) groups is 1. The fraction of sp³-hybridized carbons (Fsp3) is 0.250. The Morgan fingerprint density at radius 3 is 2.85 bits per heavy atom. The minimum absolute atomic E-state index is 0.179. The van der Waals surface area contributed by atoms with Gasteiger partial charge in [0, 0.05) is 11.2 Å². The normalized spacial score (nSPS) is 12.2. The van der Waals surface area contributed by atoms with Crippen LogP contribution in [-0.4, -0.2) is 30.5 Å². The third kappa shape index (κ3) is 4.59. The molecule has 0 spiro atoms. The number of nitrogens with zero attached hydrogens (tertiary/aromatic N) is 5. The summed E-state index contributed by atoms with van der Waals surface area (Å²) >= 11 is 11.8. The molecule has 0 bridgehead atoms. The molecule has 0 saturated carbocycles. The second kappa shape index (κ2) is 7.84. The van der Waals surface area contributed by atoms with Gasteiger partial charge in [0.05, 0.1) is 30.2 Å². The van der Waals surface area contributed by atoms with Crippen LogP contribution in [0.3, 0.4) is 0 Å². The summed E-state index contributed by atoms with van der Waals surface area (Å²) in [6.07, 6.45) is 4.62. The maximum Gasteiger partial charge on any atom is 0.248 e. The third-order valence-corrected chi connectivity index (χ3v) is 4.18. The van der Waals surface area contributed by atoms with E-state index in [1.165, 1.54) is 29.3 Å². The van der Waals surface area contributed by atoms with Gasteiger partial charge in [0.1, 0.15) is 12.1 Å². The van der Waals surface area contributed by atoms with Crippen LogP contribution in [-0.2, 0) is 17.9 Å². The molecule has 3 rings (SSSR count). The topological polar surface area (TPSA) is 77.6 Å². The monoisotopic (exact) mass is 396 g/mol. The highest BCUT2D eigenvalue weighted by atomic mass is 35.5. The van der Waals surface area contributed by atoms with Crippen LogP contribution in [0.4, 0.5) is 10.3 Å². The molecule has 1 amide bonds. The van der Waals surface area contributed by atoms with Gasteiger partial charge in [0.25, 0.3) is 0 Å². The van der Waals surface area contributed by atoms with E-state index in [9.17, 15) is 9.18 Å². The van der Waals surface area contributed by atoms with Gasteiger partial charge in [0.2, 0.25) is 11.9 Å². The first-order valence-electron chi connectivity index (χ1n) is 7.73. The molecular weight excluding hydrogens is 382 g/mol. The highest BCUT2D eigenvalue weighted by Crippen LogP contribution is 2.18. The van der Waals surface area contributed by atoms with Gasteiger partial charge in [-0.2, -0.15) is 5.10 Å². The molecule has 0 radical (unpaired) electrons. The summed E-state index contributed by atoms with van der Waals surface area (Å²) in [5.74, 6) is -0.824. The number of carbonyl (C=O) groups excluding carboxylic acids is 1. The molecule has 10 heteroatoms. The van der Waals surface area contributed by atoms with Gasteiger partial charge in [-0.05, 0) is 17.7 Å². The van der Waals surface area contributed by atoms with Gasteiger partial charge < -0.3 is 0 Å². The van der Waals surface area contributed by atoms with Crippen molar-refractivity contribution < 1.29 is 9.18 Å². The first kappa shape index (κ1) is 18.3. The zero-order chi connectivity index (χ0) is 18.7. The van der Waals surface area contributed by atoms with Crippen molar-refractivity contribution in [3.63, 3.8) is 0 Å². The van der Waals surface area contributed by atoms with Crippen LogP contribution < -0.4 is 5.32 Å². The molecule has 0 aliphatic heterocycles. The molecule has 2 aromatic heterocycles. The fourth-order valence-electron chi connectivity index (χ4n) is 2.29. The van der Waals surface area contributed by atoms with Crippen molar-refractivity contribution in [3.05, 3.63) is 58.3 Å². The molecule has 0 saturated heterocycles. The van der Waals surface area contributed by atoms with Crippen molar-refractivity contribution >= 4 is 35.1 Å². The summed E-state index contributed by atoms with van der Waals surface area (Å²) in [6, 6.07) is 4.14. The Morgan fingerprint density at radius 2 is 2.15 bits per heavy atom. The molecule has 136 valence electrons. The Morgan fingerprint density at radius 1 is 1.35 bits per heavy atom. The van der Waals surface area contributed by atoms with Crippen molar-refractivity contribution in [2.75, 3.05) is 5.32 Å². The molecule has 26 heavy (non-hydrogen) atoms. The maximum absolute atomic E-state index is 13.1. The molecule has 1 N–H and O–H groups in total. The van der Waals surface area contributed by atoms with E-state index >= 15 is 0 Å². The molecule has 0 aliphatic carbocycles. The number of hydrogen-bond donors (Lipinski definition) is 1. The Balaban J connectivity index is 1.59. The number of anilines is 1. The maximum atomic E-state index is 13.1. The lowest BCUT2D eigenvalue weighted by Crippen LogP contribution is -2.25. The van der Waals surface area contributed by atoms with Gasteiger partial charge in [-0.3, -0.25) is 14.8 Å². The highest BCUT2D eigenvalue weighted by molar-refractivity contribution is 6.31. The van der Waals surface area contributed by atoms with Gasteiger partial charge >= 0.3 is 0 Å². The van der Waals surface area contributed by atoms with Gasteiger partial charge in [-0.1, -0.05) is 36.2 Å². The minimum atomic E-state index is -0.405. The van der Waals surface area contributed by atoms with E-state index in [2.05, 4.69) is 20.5 Å². The number of rotatable bonds is 6. The Bertz CT molecular complexity index is 925. The standard InChI is InChI=1S/C16H15Cl2FN6O/c1-10(6-24-8-12(17)5-21-24)15(26)22-16-20-9-25(23-16)7-11-2-3-13(19)4-14(11)18/h2-5,8-10H,6-7H2,1H3,(H,22,23,26). The number of aromatic nitrogens is 5. The molecule has 7 nitrogen and oxygen atoms in total. The Hall–Kier alpha value is -2.45. The van der Waals surface area contributed by atoms with E-state index in [-0.39, 0.29) is 17.8 Å². The van der Waals surface area contributed by atoms with E-state index in [1.54, 1.807) is 23.9 Å². The lowest BCUT2D eigenvalue weighted by molar-refractivity contribution is -0.119. The van der Waals surface area contributed by atoms with E-state index in [4.69, 9.17) is 23.2 Å². The van der Waals surface area contributed by atoms with Crippen molar-refractivity contribution in [2.24, 2.45) is 5.92 Å². The van der Waals surface area contributed by atoms with E-state index in [1.807, 2.05) is 0 Å². The second-order valence-corrected chi connectivity index (χ2v) is 6.62. The molecule has 0 fully saturated rings. The summed E-state index contributed by atoms with van der Waals surface area (Å²) < 4.78 is 16.2. The molecule has 1 unspecified atom stereocenters. The number of benzene rings is 1. The third-order valence-electron chi connectivity index (χ3n) is 3.63. The summed E-state index contributed by atoms with van der Waals surface area (Å²) in [7, 11) is 0. The zero-order valence-corrected chi connectivity index (χ0v) is 15.2. The first-order chi connectivity index (χ1) is 12.4. The summed E-state index contributed by atoms with van der Waals surface area (Å²) in [4.78, 5) is 16.3. The van der Waals surface area contributed by atoms with Crippen LogP contribution in [0.5, 0.6) is 0 Å². The lowest BCUT2D eigenvalue weighted by atomic mass is 10.1. The van der Waals surface area contributed by atoms with Crippen molar-refractivity contribution in [1.82, 2.24) is 24.5 Å². The Kier molecular flexibility index (Phi) is 5.53. The predicted molar refractivity (Wildman–Crippen MR) is 95.6 cm³/mol. The number of hydrogen-bond acceptors (Lipinski definition) is 4. The molecule has 3 aromatic rings. The number of nitrogens with one attached hydrogen (secondary N) is 1. The number of halogens is 3. The Labute approximate surface area is 158 Å². The van der Waals surface area contributed by atoms with E-state index < -0.39 is 5.82 Å². The molecule has 1 aromatic carbocycles. The van der Waals surface area contributed by atoms with Crippen LogP contribution in [0.25, 0.3) is 0 Å². The molecule has 0 aliphatic rings. The van der Waals surface area contributed by atoms with Crippen LogP contribution in [0.15, 0.2) is 36.9 Å². The van der Waals surface area contributed by atoms with Crippen molar-refractivity contribution in [1.29, 1.82) is 0 Å². The predicted octanol–water partition coefficient (Wildman–Crippen LogP) is 3.24. The van der Waals surface area contributed by atoms with Gasteiger partial charge in [-0.25, -0.2) is 14.1 Å². The van der Waals surface area contributed by atoms with Crippen LogP contribution in [0.1, 0.15) is 12.5 Å². The number of amides is 1. The summed E-state index contributed by atoms with van der Waals surface area (Å²) in [5.41, 5.74) is 0.694. The molecule has 1 atom stereocenters. The van der Waals surface area contributed by atoms with Crippen LogP contribution in [0, 0.1) is 11.7 Å². The van der Waals surface area contributed by atoms with Gasteiger partial charge in [0.15, 0.2) is 0 Å². The van der Waals surface area contributed by atoms with Crippen molar-refractivity contribution in [2.45, 2.75) is 20.0 Å². The smallest absolute Gasteiger partial charge is 0.248 e. The summed E-state index contributed by atoms with van der Waals surface area (Å²) in [6.45, 7) is 2.45. The first-order valence-corrected chi connectivity index (χ1v) is 8.48. The lowest BCUT2D eigenvalue weighted by Gasteiger charge is -2.10. The van der Waals surface area contributed by atoms with E-state index in [0.29, 0.717) is 28.7 Å². The molecule has 2 heterocycles. The minimum Gasteiger partial charge on any atom is -0.293 e. The SMILES string of the molecule is CC(Cn1cc(Cl)cn1)C(=O)Nc1ncn(Cc2ccc(F)cc2Cl)n1. The van der Waals surface area contributed by atoms with Crippen molar-refractivity contribution in [3.8, 4) is 0 Å². The largest absolute Gasteiger partial charge is 0.293 e. The van der Waals surface area contributed by atoms with Crippen LogP contribution >= 0.6 is 23.2 Å². The highest BCUT2D eigenvalue weighted by Gasteiger charge is 2.16. The fourth-order valence-corrected chi connectivity index (χ4v) is 2.67. The van der Waals surface area contributed by atoms with E-state index in [0.717, 1.165) is 0 Å². The average Bonchev–Trinajstić information content (AvgIpc) is 3.19. The average molecular weight is 397 g/mol. The molecular formula is C16H15Cl2FN6O. The van der Waals surface area contributed by atoms with Gasteiger partial charge in [-0.15, -0.1) is 5.10 Å². The second-order valence-electron chi connectivity index (χ2n) is 5.77. The zero-order valence-electron chi connectivity index (χ0n) is 13.7. The summed E-state index contributed by atoms with van der Waals surface area (Å²) in [5, 5.41) is 11.7.